The molecule has 14 N–H and O–H groups in total. The minimum absolute atomic E-state index is 0.00101. The van der Waals surface area contributed by atoms with Gasteiger partial charge in [0.15, 0.2) is 0 Å². The fourth-order valence-electron chi connectivity index (χ4n) is 14.8. The highest BCUT2D eigenvalue weighted by Crippen LogP contribution is 2.44. The third-order valence-electron chi connectivity index (χ3n) is 21.4. The van der Waals surface area contributed by atoms with Crippen molar-refractivity contribution in [1.82, 2.24) is 62.6 Å². The molecule has 1 heterocycles. The average molecular weight is 1650 g/mol. The van der Waals surface area contributed by atoms with E-state index in [1.165, 1.54) is 38.3 Å². The predicted octanol–water partition coefficient (Wildman–Crippen LogP) is 4.71. The second kappa shape index (κ2) is 46.6. The van der Waals surface area contributed by atoms with Crippen LogP contribution < -0.4 is 58.9 Å². The maximum Gasteiger partial charge on any atom is 0.410 e. The first-order valence-corrected chi connectivity index (χ1v) is 40.0. The molecular weight excluding hydrogens is 1530 g/mol. The van der Waals surface area contributed by atoms with Crippen LogP contribution in [0, 0.1) is 29.6 Å². The molecule has 13 atom stereocenters. The van der Waals surface area contributed by atoms with Crippen molar-refractivity contribution in [2.75, 3.05) is 73.0 Å². The smallest absolute Gasteiger partial charge is 0.410 e. The molecule has 1 saturated heterocycles. The lowest BCUT2D eigenvalue weighted by molar-refractivity contribution is -0.148. The van der Waals surface area contributed by atoms with E-state index in [9.17, 15) is 77.3 Å². The van der Waals surface area contributed by atoms with Gasteiger partial charge in [-0.2, -0.15) is 0 Å². The number of likely N-dealkylation sites (N-methyl/N-ethyl adjacent to an activating group) is 2. The van der Waals surface area contributed by atoms with E-state index >= 15 is 0 Å². The van der Waals surface area contributed by atoms with Crippen LogP contribution in [0.3, 0.4) is 0 Å². The number of nitrogens with two attached hydrogens (primary N) is 1. The summed E-state index contributed by atoms with van der Waals surface area (Å²) in [5.74, 6) is -10.9. The van der Waals surface area contributed by atoms with Gasteiger partial charge in [-0.3, -0.25) is 57.6 Å². The zero-order valence-electron chi connectivity index (χ0n) is 69.9. The van der Waals surface area contributed by atoms with Crippen LogP contribution in [0.2, 0.25) is 0 Å². The molecular formula is C84H120N14O20. The van der Waals surface area contributed by atoms with Crippen molar-refractivity contribution in [2.45, 2.75) is 200 Å². The number of benzene rings is 4. The number of methoxy groups -OCH3 is 2. The summed E-state index contributed by atoms with van der Waals surface area (Å²) in [7, 11) is 5.99. The van der Waals surface area contributed by atoms with E-state index in [-0.39, 0.29) is 68.4 Å². The Hall–Kier alpha value is -11.3. The Morgan fingerprint density at radius 3 is 1.74 bits per heavy atom. The van der Waals surface area contributed by atoms with Crippen molar-refractivity contribution >= 4 is 88.9 Å². The number of hydrogen-bond donors (Lipinski definition) is 13. The normalized spacial score (nSPS) is 16.0. The van der Waals surface area contributed by atoms with Gasteiger partial charge in [-0.15, -0.1) is 0 Å². The number of aliphatic hydroxyl groups excluding tert-OH is 1. The Morgan fingerprint density at radius 1 is 0.593 bits per heavy atom. The number of urea groups is 1. The maximum absolute atomic E-state index is 14.9. The average Bonchev–Trinajstić information content (AvgIpc) is 1.61. The number of carbonyl (C=O) groups is 14. The third-order valence-corrected chi connectivity index (χ3v) is 21.4. The molecule has 1 aliphatic carbocycles. The molecule has 4 aromatic rings. The molecule has 34 nitrogen and oxygen atoms in total. The highest BCUT2D eigenvalue weighted by Gasteiger charge is 2.45. The summed E-state index contributed by atoms with van der Waals surface area (Å²) in [4.78, 5) is 193. The van der Waals surface area contributed by atoms with E-state index in [0.29, 0.717) is 36.9 Å². The minimum atomic E-state index is -1.56. The molecule has 1 aliphatic heterocycles. The SMILES string of the molecule is CC[C@H](C)[C@@H]([C@@H](CC(=O)N1CCC[C@H]1[C@H](OC)[C@@H](C)C(=O)N[C@H](C)[C@@H](O)c1ccccc1)OC)N(C)C(=O)[C@@H](NC(=O)[C@H](C(C)C)N(C)C(=O)OCc1ccc(NC(=O)[C@H](CCCNC(N)=O)NC(=O)[C@@H](NC(=O)[C@H](CCC(=O)O)NC(=O)CNC(=O)CNC(=O)CNC(=O)OCC2c3ccccc3-c3ccccc32)C(C)C)cc1)C(C)C. The van der Waals surface area contributed by atoms with Crippen molar-refractivity contribution in [1.29, 1.82) is 0 Å². The lowest BCUT2D eigenvalue weighted by Gasteiger charge is -2.41. The number of carboxylic acids is 1. The predicted molar refractivity (Wildman–Crippen MR) is 437 cm³/mol. The highest BCUT2D eigenvalue weighted by molar-refractivity contribution is 5.99. The highest BCUT2D eigenvalue weighted by atomic mass is 16.6. The number of alkyl carbamates (subject to hydrolysis) is 1. The number of primary amides is 1. The fraction of sp³-hybridized carbons (Fsp3) is 0.548. The Balaban J connectivity index is 1.00. The van der Waals surface area contributed by atoms with Crippen LogP contribution in [0.25, 0.3) is 11.1 Å². The molecule has 0 radical (unpaired) electrons. The van der Waals surface area contributed by atoms with Crippen LogP contribution in [0.4, 0.5) is 20.1 Å². The van der Waals surface area contributed by atoms with Gasteiger partial charge in [0, 0.05) is 59.4 Å². The quantitative estimate of drug-likeness (QED) is 0.0266. The van der Waals surface area contributed by atoms with E-state index in [2.05, 4.69) is 53.2 Å². The first-order chi connectivity index (χ1) is 56.0. The van der Waals surface area contributed by atoms with Crippen LogP contribution >= 0.6 is 0 Å². The molecule has 0 unspecified atom stereocenters. The molecule has 0 aromatic heterocycles. The lowest BCUT2D eigenvalue weighted by atomic mass is 9.89. The van der Waals surface area contributed by atoms with Gasteiger partial charge >= 0.3 is 24.2 Å². The van der Waals surface area contributed by atoms with Crippen molar-refractivity contribution in [3.05, 3.63) is 125 Å². The summed E-state index contributed by atoms with van der Waals surface area (Å²) in [6.07, 6.45) is -3.55. The number of anilines is 1. The summed E-state index contributed by atoms with van der Waals surface area (Å²) in [6, 6.07) is 21.5. The molecule has 1 fully saturated rings. The molecule has 2 aliphatic rings. The van der Waals surface area contributed by atoms with Crippen LogP contribution in [0.15, 0.2) is 103 Å². The summed E-state index contributed by atoms with van der Waals surface area (Å²) < 4.78 is 23.2. The molecule has 0 spiro atoms. The zero-order chi connectivity index (χ0) is 87.2. The number of nitrogens with zero attached hydrogens (tertiary/aromatic N) is 3. The van der Waals surface area contributed by atoms with Gasteiger partial charge in [-0.1, -0.05) is 160 Å². The number of fused-ring (bicyclic) bond motifs is 3. The number of hydrogen-bond acceptors (Lipinski definition) is 19. The molecule has 34 heteroatoms. The molecule has 4 aromatic carbocycles. The van der Waals surface area contributed by atoms with Gasteiger partial charge in [-0.05, 0) is 108 Å². The number of nitrogens with one attached hydrogen (secondary N) is 10. The van der Waals surface area contributed by atoms with Crippen LogP contribution in [-0.2, 0) is 78.3 Å². The topological polar surface area (TPSA) is 472 Å². The number of carbonyl (C=O) groups excluding carboxylic acids is 13. The van der Waals surface area contributed by atoms with E-state index in [1.807, 2.05) is 68.4 Å². The first kappa shape index (κ1) is 95.6. The molecule has 118 heavy (non-hydrogen) atoms. The third kappa shape index (κ3) is 27.7. The summed E-state index contributed by atoms with van der Waals surface area (Å²) >= 11 is 0. The monoisotopic (exact) mass is 1640 g/mol. The number of ether oxygens (including phenoxy) is 4. The van der Waals surface area contributed by atoms with Crippen LogP contribution in [-0.4, -0.2) is 236 Å². The summed E-state index contributed by atoms with van der Waals surface area (Å²) in [5, 5.41) is 46.0. The molecule has 0 bridgehead atoms. The fourth-order valence-corrected chi connectivity index (χ4v) is 14.8. The van der Waals surface area contributed by atoms with E-state index in [0.717, 1.165) is 27.2 Å². The van der Waals surface area contributed by atoms with Crippen molar-refractivity contribution in [3.8, 4) is 11.1 Å². The Labute approximate surface area is 689 Å². The zero-order valence-corrected chi connectivity index (χ0v) is 69.9. The van der Waals surface area contributed by atoms with E-state index in [1.54, 1.807) is 104 Å². The molecule has 14 amide bonds. The van der Waals surface area contributed by atoms with Gasteiger partial charge in [0.25, 0.3) is 0 Å². The number of aliphatic hydroxyl groups is 1. The van der Waals surface area contributed by atoms with Gasteiger partial charge in [-0.25, -0.2) is 14.4 Å². The lowest BCUT2D eigenvalue weighted by Crippen LogP contribution is -2.60. The van der Waals surface area contributed by atoms with Crippen LogP contribution in [0.5, 0.6) is 0 Å². The number of rotatable bonds is 45. The number of carboxylic acid groups (broad SMARTS) is 1. The first-order valence-electron chi connectivity index (χ1n) is 40.0. The summed E-state index contributed by atoms with van der Waals surface area (Å²) in [6.45, 7) is 15.7. The summed E-state index contributed by atoms with van der Waals surface area (Å²) in [5.41, 5.74) is 10.7. The van der Waals surface area contributed by atoms with Gasteiger partial charge in [0.05, 0.1) is 61.9 Å². The van der Waals surface area contributed by atoms with Gasteiger partial charge in [0.2, 0.25) is 59.1 Å². The Bertz CT molecular complexity index is 4050. The Kier molecular flexibility index (Phi) is 37.8. The molecule has 6 rings (SSSR count). The number of aliphatic carboxylic acids is 1. The van der Waals surface area contributed by atoms with Gasteiger partial charge < -0.3 is 97.9 Å². The molecule has 0 saturated carbocycles. The Morgan fingerprint density at radius 2 is 1.17 bits per heavy atom. The second-order valence-electron chi connectivity index (χ2n) is 31.0. The number of amides is 14. The molecule has 646 valence electrons. The minimum Gasteiger partial charge on any atom is -0.481 e. The largest absolute Gasteiger partial charge is 0.481 e. The second-order valence-corrected chi connectivity index (χ2v) is 31.0. The van der Waals surface area contributed by atoms with E-state index < -0.39 is 194 Å². The number of likely N-dealkylation sites (tertiary alicyclic amines) is 1. The van der Waals surface area contributed by atoms with Crippen molar-refractivity contribution < 1.29 is 96.3 Å². The van der Waals surface area contributed by atoms with Crippen molar-refractivity contribution in [2.24, 2.45) is 35.3 Å². The maximum atomic E-state index is 14.9. The van der Waals surface area contributed by atoms with Crippen molar-refractivity contribution in [3.63, 3.8) is 0 Å². The van der Waals surface area contributed by atoms with Crippen LogP contribution in [0.1, 0.15) is 155 Å². The van der Waals surface area contributed by atoms with E-state index in [4.69, 9.17) is 24.7 Å². The van der Waals surface area contributed by atoms with Gasteiger partial charge in [0.1, 0.15) is 50.0 Å². The standard InChI is InChI=1S/C84H120N14O20/c1-15-50(8)73(64(115-13)41-68(102)98-40-24-32-63(98)75(116-14)51(9)76(106)90-52(10)74(105)54-25-17-16-18-26-54)96(11)81(111)71(48(4)5)95-80(110)72(49(6)7)97(12)84(114)118-45-53-33-35-55(36-34-53)91-77(107)61(31-23-39-86-82(85)112)93-79(109)70(47(2)3)94-78(108)62(37-38-69(103)104)92-67(101)44-88-65(99)42-87-66(100)43-89-83(113)117-46-60-58-29-21-19-27-56(58)57-28-20-22-30-59(57)60/h16-22,25-30,33-36,47-52,60-64,70-75,105H,15,23-24,31-32,37-46H2,1-14H3,(H,87,100)(H,88,99)(H,89,113)(H,90,106)(H,91,107)(H,92,101)(H,93,109)(H,94,108)(H,95,110)(H,103,104)(H3,85,86,112)/t50-,51+,52+,61-,62-,63-,64+,70-,71-,72-,73-,74+,75+/m0/s1.